The Kier molecular flexibility index (Phi) is 5.07. The van der Waals surface area contributed by atoms with Crippen LogP contribution in [0.2, 0.25) is 0 Å². The zero-order chi connectivity index (χ0) is 21.5. The van der Waals surface area contributed by atoms with Gasteiger partial charge in [0.25, 0.3) is 5.56 Å². The molecule has 0 saturated heterocycles. The molecule has 1 aliphatic heterocycles. The summed E-state index contributed by atoms with van der Waals surface area (Å²) in [5.74, 6) is -0.539. The fraction of sp³-hybridized carbons (Fsp3) is 0.238. The number of aromatic nitrogens is 2. The zero-order valence-corrected chi connectivity index (χ0v) is 15.8. The molecule has 0 unspecified atom stereocenters. The molecule has 3 aromatic rings. The van der Waals surface area contributed by atoms with Crippen molar-refractivity contribution >= 4 is 5.69 Å². The van der Waals surface area contributed by atoms with Crippen molar-refractivity contribution in [1.82, 2.24) is 14.9 Å². The predicted molar refractivity (Wildman–Crippen MR) is 104 cm³/mol. The Bertz CT molecular complexity index is 1140. The summed E-state index contributed by atoms with van der Waals surface area (Å²) in [6, 6.07) is 9.40. The van der Waals surface area contributed by atoms with E-state index in [-0.39, 0.29) is 24.2 Å². The second-order valence-electron chi connectivity index (χ2n) is 7.27. The van der Waals surface area contributed by atoms with E-state index in [9.17, 15) is 22.4 Å². The molecule has 5 nitrogen and oxygen atoms in total. The largest absolute Gasteiger partial charge is 0.416 e. The minimum Gasteiger partial charge on any atom is -0.399 e. The van der Waals surface area contributed by atoms with E-state index in [1.54, 1.807) is 24.3 Å². The van der Waals surface area contributed by atoms with Gasteiger partial charge in [-0.05, 0) is 54.4 Å². The monoisotopic (exact) mass is 418 g/mol. The van der Waals surface area contributed by atoms with Crippen molar-refractivity contribution in [3.8, 4) is 11.4 Å². The van der Waals surface area contributed by atoms with Crippen LogP contribution in [0.4, 0.5) is 23.2 Å². The maximum Gasteiger partial charge on any atom is 0.416 e. The van der Waals surface area contributed by atoms with Crippen LogP contribution < -0.4 is 11.3 Å². The molecule has 0 aliphatic carbocycles. The Morgan fingerprint density at radius 3 is 2.57 bits per heavy atom. The van der Waals surface area contributed by atoms with Gasteiger partial charge in [0.15, 0.2) is 0 Å². The number of rotatable bonds is 3. The van der Waals surface area contributed by atoms with Gasteiger partial charge in [0.2, 0.25) is 0 Å². The number of H-pyrrole nitrogens is 1. The standard InChI is InChI=1S/C21H18F4N4O/c22-15-8-12(7-14(9-15)21(23,24)25)10-29-6-5-17-18(11-29)27-19(28-20(17)30)13-1-3-16(26)4-2-13/h1-4,7-9H,5-6,10-11,26H2,(H,27,28,30). The third kappa shape index (κ3) is 4.20. The fourth-order valence-corrected chi connectivity index (χ4v) is 3.57. The Hall–Kier alpha value is -3.20. The van der Waals surface area contributed by atoms with Crippen molar-refractivity contribution in [2.75, 3.05) is 12.3 Å². The van der Waals surface area contributed by atoms with E-state index in [0.717, 1.165) is 12.1 Å². The molecule has 0 bridgehead atoms. The first kappa shape index (κ1) is 20.1. The molecular weight excluding hydrogens is 400 g/mol. The third-order valence-electron chi connectivity index (χ3n) is 5.03. The van der Waals surface area contributed by atoms with E-state index in [0.29, 0.717) is 47.4 Å². The molecule has 30 heavy (non-hydrogen) atoms. The molecule has 1 aliphatic rings. The molecule has 2 heterocycles. The van der Waals surface area contributed by atoms with Gasteiger partial charge in [-0.15, -0.1) is 0 Å². The molecule has 0 spiro atoms. The average Bonchev–Trinajstić information content (AvgIpc) is 2.67. The van der Waals surface area contributed by atoms with Gasteiger partial charge in [0.1, 0.15) is 11.6 Å². The highest BCUT2D eigenvalue weighted by Crippen LogP contribution is 2.31. The molecule has 9 heteroatoms. The molecule has 1 aromatic heterocycles. The quantitative estimate of drug-likeness (QED) is 0.502. The van der Waals surface area contributed by atoms with Crippen LogP contribution in [-0.2, 0) is 25.7 Å². The molecule has 4 rings (SSSR count). The van der Waals surface area contributed by atoms with Crippen LogP contribution in [0, 0.1) is 5.82 Å². The Morgan fingerprint density at radius 2 is 1.87 bits per heavy atom. The van der Waals surface area contributed by atoms with Crippen LogP contribution in [0.15, 0.2) is 47.3 Å². The lowest BCUT2D eigenvalue weighted by Gasteiger charge is -2.28. The topological polar surface area (TPSA) is 75.0 Å². The lowest BCUT2D eigenvalue weighted by atomic mass is 10.0. The van der Waals surface area contributed by atoms with Crippen molar-refractivity contribution < 1.29 is 17.6 Å². The summed E-state index contributed by atoms with van der Waals surface area (Å²) in [4.78, 5) is 21.6. The lowest BCUT2D eigenvalue weighted by molar-refractivity contribution is -0.137. The molecule has 156 valence electrons. The first-order chi connectivity index (χ1) is 14.2. The molecule has 0 amide bonds. The summed E-state index contributed by atoms with van der Waals surface area (Å²) in [7, 11) is 0. The second-order valence-corrected chi connectivity index (χ2v) is 7.27. The first-order valence-corrected chi connectivity index (χ1v) is 9.26. The summed E-state index contributed by atoms with van der Waals surface area (Å²) in [6.07, 6.45) is -4.21. The minimum absolute atomic E-state index is 0.117. The number of fused-ring (bicyclic) bond motifs is 1. The van der Waals surface area contributed by atoms with E-state index < -0.39 is 17.6 Å². The number of benzene rings is 2. The van der Waals surface area contributed by atoms with Crippen LogP contribution >= 0.6 is 0 Å². The number of nitrogens with two attached hydrogens (primary N) is 1. The molecule has 0 radical (unpaired) electrons. The second kappa shape index (κ2) is 7.56. The summed E-state index contributed by atoms with van der Waals surface area (Å²) >= 11 is 0. The van der Waals surface area contributed by atoms with Gasteiger partial charge >= 0.3 is 6.18 Å². The van der Waals surface area contributed by atoms with Gasteiger partial charge in [-0.25, -0.2) is 9.37 Å². The van der Waals surface area contributed by atoms with E-state index >= 15 is 0 Å². The van der Waals surface area contributed by atoms with Crippen LogP contribution in [0.3, 0.4) is 0 Å². The number of nitrogen functional groups attached to an aromatic ring is 1. The maximum atomic E-state index is 13.7. The maximum absolute atomic E-state index is 13.7. The van der Waals surface area contributed by atoms with Crippen LogP contribution in [0.25, 0.3) is 11.4 Å². The fourth-order valence-electron chi connectivity index (χ4n) is 3.57. The number of hydrogen-bond acceptors (Lipinski definition) is 4. The molecule has 0 atom stereocenters. The molecule has 3 N–H and O–H groups in total. The normalized spacial score (nSPS) is 14.5. The van der Waals surface area contributed by atoms with Gasteiger partial charge in [-0.1, -0.05) is 0 Å². The summed E-state index contributed by atoms with van der Waals surface area (Å²) in [5, 5.41) is 0. The van der Waals surface area contributed by atoms with Crippen molar-refractivity contribution in [3.63, 3.8) is 0 Å². The van der Waals surface area contributed by atoms with Crippen LogP contribution in [-0.4, -0.2) is 21.4 Å². The number of aromatic amines is 1. The van der Waals surface area contributed by atoms with Gasteiger partial charge in [-0.3, -0.25) is 9.69 Å². The molecule has 2 aromatic carbocycles. The molecule has 0 fully saturated rings. The summed E-state index contributed by atoms with van der Waals surface area (Å²) in [6.45, 7) is 0.849. The number of alkyl halides is 3. The summed E-state index contributed by atoms with van der Waals surface area (Å²) < 4.78 is 52.6. The Labute approximate surface area is 169 Å². The van der Waals surface area contributed by atoms with Crippen molar-refractivity contribution in [2.24, 2.45) is 0 Å². The van der Waals surface area contributed by atoms with Gasteiger partial charge < -0.3 is 10.7 Å². The number of hydrogen-bond donors (Lipinski definition) is 2. The number of halogens is 4. The zero-order valence-electron chi connectivity index (χ0n) is 15.8. The van der Waals surface area contributed by atoms with Crippen molar-refractivity contribution in [3.05, 3.63) is 81.0 Å². The number of nitrogens with zero attached hydrogens (tertiary/aromatic N) is 2. The van der Waals surface area contributed by atoms with Crippen molar-refractivity contribution in [2.45, 2.75) is 25.7 Å². The highest BCUT2D eigenvalue weighted by molar-refractivity contribution is 5.58. The highest BCUT2D eigenvalue weighted by Gasteiger charge is 2.31. The van der Waals surface area contributed by atoms with Crippen LogP contribution in [0.5, 0.6) is 0 Å². The van der Waals surface area contributed by atoms with E-state index in [1.165, 1.54) is 0 Å². The van der Waals surface area contributed by atoms with Gasteiger partial charge in [0, 0.05) is 36.4 Å². The van der Waals surface area contributed by atoms with Gasteiger partial charge in [0.05, 0.1) is 11.3 Å². The molecular formula is C21H18F4N4O. The smallest absolute Gasteiger partial charge is 0.399 e. The van der Waals surface area contributed by atoms with Crippen molar-refractivity contribution in [1.29, 1.82) is 0 Å². The Morgan fingerprint density at radius 1 is 1.13 bits per heavy atom. The van der Waals surface area contributed by atoms with E-state index in [2.05, 4.69) is 9.97 Å². The predicted octanol–water partition coefficient (Wildman–Crippen LogP) is 3.74. The van der Waals surface area contributed by atoms with Crippen LogP contribution in [0.1, 0.15) is 22.4 Å². The highest BCUT2D eigenvalue weighted by atomic mass is 19.4. The van der Waals surface area contributed by atoms with E-state index in [4.69, 9.17) is 5.73 Å². The van der Waals surface area contributed by atoms with E-state index in [1.807, 2.05) is 4.90 Å². The van der Waals surface area contributed by atoms with Gasteiger partial charge in [-0.2, -0.15) is 13.2 Å². The summed E-state index contributed by atoms with van der Waals surface area (Å²) in [5.41, 5.74) is 7.04. The Balaban J connectivity index is 1.60. The number of nitrogens with one attached hydrogen (secondary N) is 1. The first-order valence-electron chi connectivity index (χ1n) is 9.26. The minimum atomic E-state index is -4.62. The SMILES string of the molecule is Nc1ccc(-c2nc3c(c(=O)[nH]2)CCN(Cc2cc(F)cc(C(F)(F)F)c2)C3)cc1. The number of anilines is 1. The third-order valence-corrected chi connectivity index (χ3v) is 5.03. The molecule has 0 saturated carbocycles. The lowest BCUT2D eigenvalue weighted by Crippen LogP contribution is -2.35. The average molecular weight is 418 g/mol.